The zero-order valence-electron chi connectivity index (χ0n) is 16.0. The predicted molar refractivity (Wildman–Crippen MR) is 108 cm³/mol. The van der Waals surface area contributed by atoms with Crippen molar-refractivity contribution in [3.8, 4) is 0 Å². The molecule has 2 atom stereocenters. The van der Waals surface area contributed by atoms with E-state index < -0.39 is 0 Å². The molecule has 1 aliphatic rings. The second-order valence-corrected chi connectivity index (χ2v) is 7.18. The highest BCUT2D eigenvalue weighted by Crippen LogP contribution is 2.40. The molecule has 0 aromatic carbocycles. The van der Waals surface area contributed by atoms with E-state index in [2.05, 4.69) is 52.7 Å². The Labute approximate surface area is 161 Å². The summed E-state index contributed by atoms with van der Waals surface area (Å²) >= 11 is 5.67. The molecule has 140 valence electrons. The molecule has 1 N–H and O–H groups in total. The first-order valence-electron chi connectivity index (χ1n) is 9.22. The fourth-order valence-corrected chi connectivity index (χ4v) is 4.21. The van der Waals surface area contributed by atoms with Crippen molar-refractivity contribution in [1.29, 1.82) is 0 Å². The first kappa shape index (κ1) is 18.9. The number of pyridine rings is 1. The van der Waals surface area contributed by atoms with Crippen molar-refractivity contribution in [2.45, 2.75) is 45.8 Å². The molecule has 5 nitrogen and oxygen atoms in total. The number of thiocarbonyl (C=S) groups is 1. The Bertz CT molecular complexity index is 759. The van der Waals surface area contributed by atoms with Gasteiger partial charge in [-0.05, 0) is 56.2 Å². The van der Waals surface area contributed by atoms with Crippen molar-refractivity contribution in [2.75, 3.05) is 20.3 Å². The molecule has 0 saturated carbocycles. The molecule has 2 aromatic heterocycles. The molecule has 1 saturated heterocycles. The van der Waals surface area contributed by atoms with E-state index in [0.717, 1.165) is 30.3 Å². The lowest BCUT2D eigenvalue weighted by molar-refractivity contribution is 0.186. The summed E-state index contributed by atoms with van der Waals surface area (Å²) in [6, 6.07) is 8.57. The van der Waals surface area contributed by atoms with Crippen LogP contribution >= 0.6 is 12.2 Å². The summed E-state index contributed by atoms with van der Waals surface area (Å²) in [5, 5.41) is 4.33. The van der Waals surface area contributed by atoms with Crippen LogP contribution in [0.5, 0.6) is 0 Å². The first-order chi connectivity index (χ1) is 12.6. The zero-order valence-corrected chi connectivity index (χ0v) is 16.8. The Hall–Kier alpha value is -1.92. The van der Waals surface area contributed by atoms with Crippen molar-refractivity contribution in [1.82, 2.24) is 19.8 Å². The quantitative estimate of drug-likeness (QED) is 0.753. The Morgan fingerprint density at radius 1 is 1.27 bits per heavy atom. The van der Waals surface area contributed by atoms with Crippen LogP contribution < -0.4 is 5.32 Å². The maximum atomic E-state index is 5.67. The molecule has 6 heteroatoms. The maximum Gasteiger partial charge on any atom is 0.170 e. The Morgan fingerprint density at radius 3 is 2.73 bits per heavy atom. The van der Waals surface area contributed by atoms with Crippen LogP contribution in [-0.4, -0.2) is 39.8 Å². The second kappa shape index (κ2) is 8.18. The maximum absolute atomic E-state index is 5.67. The van der Waals surface area contributed by atoms with Crippen LogP contribution in [-0.2, 0) is 11.3 Å². The topological polar surface area (TPSA) is 42.3 Å². The van der Waals surface area contributed by atoms with E-state index in [0.29, 0.717) is 6.61 Å². The third kappa shape index (κ3) is 3.48. The van der Waals surface area contributed by atoms with Gasteiger partial charge in [0.1, 0.15) is 0 Å². The molecule has 3 rings (SSSR count). The SMILES string of the molecule is CCCN1C(=S)N[C@H](c2ccccn2)[C@@H]1c1cc(C)n(CCOC)c1C. The number of aryl methyl sites for hydroxylation is 1. The van der Waals surface area contributed by atoms with Gasteiger partial charge >= 0.3 is 0 Å². The second-order valence-electron chi connectivity index (χ2n) is 6.79. The van der Waals surface area contributed by atoms with E-state index in [1.54, 1.807) is 7.11 Å². The zero-order chi connectivity index (χ0) is 18.7. The lowest BCUT2D eigenvalue weighted by atomic mass is 9.96. The number of ether oxygens (including phenoxy) is 1. The van der Waals surface area contributed by atoms with Crippen LogP contribution in [0, 0.1) is 13.8 Å². The summed E-state index contributed by atoms with van der Waals surface area (Å²) in [6.07, 6.45) is 2.90. The summed E-state index contributed by atoms with van der Waals surface area (Å²) in [6.45, 7) is 9.04. The fourth-order valence-electron chi connectivity index (χ4n) is 3.88. The monoisotopic (exact) mass is 372 g/mol. The predicted octanol–water partition coefficient (Wildman–Crippen LogP) is 3.53. The lowest BCUT2D eigenvalue weighted by Gasteiger charge is -2.27. The first-order valence-corrected chi connectivity index (χ1v) is 9.63. The Kier molecular flexibility index (Phi) is 5.94. The van der Waals surface area contributed by atoms with Gasteiger partial charge in [-0.2, -0.15) is 0 Å². The lowest BCUT2D eigenvalue weighted by Crippen LogP contribution is -2.30. The number of rotatable bonds is 7. The molecule has 0 unspecified atom stereocenters. The minimum Gasteiger partial charge on any atom is -0.383 e. The van der Waals surface area contributed by atoms with Crippen LogP contribution in [0.25, 0.3) is 0 Å². The van der Waals surface area contributed by atoms with Gasteiger partial charge in [0.15, 0.2) is 5.11 Å². The fraction of sp³-hybridized carbons (Fsp3) is 0.500. The van der Waals surface area contributed by atoms with Crippen molar-refractivity contribution in [3.05, 3.63) is 53.1 Å². The average Bonchev–Trinajstić information content (AvgIpc) is 3.11. The molecule has 0 radical (unpaired) electrons. The smallest absolute Gasteiger partial charge is 0.170 e. The summed E-state index contributed by atoms with van der Waals surface area (Å²) in [4.78, 5) is 6.91. The number of methoxy groups -OCH3 is 1. The number of aromatic nitrogens is 2. The van der Waals surface area contributed by atoms with Crippen molar-refractivity contribution in [3.63, 3.8) is 0 Å². The van der Waals surface area contributed by atoms with Gasteiger partial charge in [0.25, 0.3) is 0 Å². The van der Waals surface area contributed by atoms with Crippen LogP contribution in [0.4, 0.5) is 0 Å². The normalized spacial score (nSPS) is 19.8. The molecule has 0 spiro atoms. The van der Waals surface area contributed by atoms with Crippen molar-refractivity contribution >= 4 is 17.3 Å². The minimum atomic E-state index is 0.0617. The molecule has 0 amide bonds. The molecular formula is C20H28N4OS. The Balaban J connectivity index is 2.03. The third-order valence-corrected chi connectivity index (χ3v) is 5.47. The summed E-state index contributed by atoms with van der Waals surface area (Å²) in [7, 11) is 1.74. The van der Waals surface area contributed by atoms with Gasteiger partial charge in [0, 0.05) is 37.8 Å². The van der Waals surface area contributed by atoms with Crippen LogP contribution in [0.2, 0.25) is 0 Å². The minimum absolute atomic E-state index is 0.0617. The van der Waals surface area contributed by atoms with Crippen LogP contribution in [0.1, 0.15) is 48.1 Å². The van der Waals surface area contributed by atoms with Gasteiger partial charge in [-0.3, -0.25) is 4.98 Å². The van der Waals surface area contributed by atoms with Gasteiger partial charge in [-0.1, -0.05) is 13.0 Å². The van der Waals surface area contributed by atoms with Crippen molar-refractivity contribution in [2.24, 2.45) is 0 Å². The van der Waals surface area contributed by atoms with Crippen LogP contribution in [0.15, 0.2) is 30.5 Å². The van der Waals surface area contributed by atoms with E-state index in [9.17, 15) is 0 Å². The third-order valence-electron chi connectivity index (χ3n) is 5.11. The number of nitrogens with zero attached hydrogens (tertiary/aromatic N) is 3. The molecule has 26 heavy (non-hydrogen) atoms. The molecule has 0 bridgehead atoms. The van der Waals surface area contributed by atoms with E-state index >= 15 is 0 Å². The van der Waals surface area contributed by atoms with E-state index in [1.807, 2.05) is 18.3 Å². The number of hydrogen-bond donors (Lipinski definition) is 1. The Morgan fingerprint density at radius 2 is 2.08 bits per heavy atom. The number of hydrogen-bond acceptors (Lipinski definition) is 3. The standard InChI is InChI=1S/C20H28N4OS/c1-5-10-24-19(16-13-14(2)23(15(16)3)11-12-25-4)18(22-20(24)26)17-8-6-7-9-21-17/h6-9,13,18-19H,5,10-12H2,1-4H3,(H,22,26)/t18-,19+/m1/s1. The summed E-state index contributed by atoms with van der Waals surface area (Å²) < 4.78 is 7.62. The van der Waals surface area contributed by atoms with E-state index in [-0.39, 0.29) is 12.1 Å². The van der Waals surface area contributed by atoms with Gasteiger partial charge in [0.05, 0.1) is 24.4 Å². The molecular weight excluding hydrogens is 344 g/mol. The van der Waals surface area contributed by atoms with Crippen LogP contribution in [0.3, 0.4) is 0 Å². The largest absolute Gasteiger partial charge is 0.383 e. The van der Waals surface area contributed by atoms with Gasteiger partial charge in [0.2, 0.25) is 0 Å². The van der Waals surface area contributed by atoms with Crippen molar-refractivity contribution < 1.29 is 4.74 Å². The van der Waals surface area contributed by atoms with Gasteiger partial charge < -0.3 is 19.5 Å². The number of nitrogens with one attached hydrogen (secondary N) is 1. The average molecular weight is 373 g/mol. The van der Waals surface area contributed by atoms with Gasteiger partial charge in [-0.15, -0.1) is 0 Å². The molecule has 0 aliphatic carbocycles. The highest BCUT2D eigenvalue weighted by atomic mass is 32.1. The molecule has 1 aliphatic heterocycles. The molecule has 1 fully saturated rings. The van der Waals surface area contributed by atoms with Gasteiger partial charge in [-0.25, -0.2) is 0 Å². The highest BCUT2D eigenvalue weighted by molar-refractivity contribution is 7.80. The summed E-state index contributed by atoms with van der Waals surface area (Å²) in [5.74, 6) is 0. The molecule has 2 aromatic rings. The summed E-state index contributed by atoms with van der Waals surface area (Å²) in [5.41, 5.74) is 4.87. The van der Waals surface area contributed by atoms with E-state index in [1.165, 1.54) is 17.0 Å². The van der Waals surface area contributed by atoms with E-state index in [4.69, 9.17) is 17.0 Å². The highest BCUT2D eigenvalue weighted by Gasteiger charge is 2.40. The molecule has 3 heterocycles.